The van der Waals surface area contributed by atoms with Crippen LogP contribution in [0.2, 0.25) is 0 Å². The second-order valence-electron chi connectivity index (χ2n) is 6.13. The molecule has 0 saturated carbocycles. The summed E-state index contributed by atoms with van der Waals surface area (Å²) >= 11 is 1.72. The SMILES string of the molecule is CN=C(NCCNC(=O)OC(C)(C)C)NCc1ccc(SC)cc1.I. The maximum absolute atomic E-state index is 11.5. The minimum absolute atomic E-state index is 0. The molecule has 1 rings (SSSR count). The lowest BCUT2D eigenvalue weighted by Gasteiger charge is -2.20. The normalized spacial score (nSPS) is 11.3. The van der Waals surface area contributed by atoms with Gasteiger partial charge in [0, 0.05) is 31.6 Å². The van der Waals surface area contributed by atoms with Gasteiger partial charge in [0.15, 0.2) is 5.96 Å². The first-order valence-corrected chi connectivity index (χ1v) is 9.11. The van der Waals surface area contributed by atoms with E-state index in [1.54, 1.807) is 18.8 Å². The van der Waals surface area contributed by atoms with Crippen molar-refractivity contribution < 1.29 is 9.53 Å². The van der Waals surface area contributed by atoms with Gasteiger partial charge in [0.25, 0.3) is 0 Å². The fourth-order valence-corrected chi connectivity index (χ4v) is 2.22. The van der Waals surface area contributed by atoms with Crippen molar-refractivity contribution in [3.63, 3.8) is 0 Å². The number of guanidine groups is 1. The number of amides is 1. The monoisotopic (exact) mass is 480 g/mol. The Labute approximate surface area is 172 Å². The Morgan fingerprint density at radius 2 is 1.72 bits per heavy atom. The molecule has 0 aliphatic carbocycles. The van der Waals surface area contributed by atoms with Gasteiger partial charge in [-0.05, 0) is 44.7 Å². The highest BCUT2D eigenvalue weighted by atomic mass is 127. The van der Waals surface area contributed by atoms with E-state index in [0.29, 0.717) is 25.6 Å². The van der Waals surface area contributed by atoms with Crippen molar-refractivity contribution in [1.82, 2.24) is 16.0 Å². The molecular weight excluding hydrogens is 451 g/mol. The number of carbonyl (C=O) groups excluding carboxylic acids is 1. The fourth-order valence-electron chi connectivity index (χ4n) is 1.81. The van der Waals surface area contributed by atoms with Crippen molar-refractivity contribution in [3.05, 3.63) is 29.8 Å². The summed E-state index contributed by atoms with van der Waals surface area (Å²) in [7, 11) is 1.72. The Balaban J connectivity index is 0.00000576. The molecule has 0 radical (unpaired) electrons. The molecule has 1 aromatic carbocycles. The van der Waals surface area contributed by atoms with Gasteiger partial charge in [0.2, 0.25) is 0 Å². The lowest BCUT2D eigenvalue weighted by atomic mass is 10.2. The van der Waals surface area contributed by atoms with Gasteiger partial charge in [-0.2, -0.15) is 0 Å². The Morgan fingerprint density at radius 1 is 1.12 bits per heavy atom. The summed E-state index contributed by atoms with van der Waals surface area (Å²) in [4.78, 5) is 16.9. The average molecular weight is 480 g/mol. The van der Waals surface area contributed by atoms with E-state index >= 15 is 0 Å². The van der Waals surface area contributed by atoms with Crippen LogP contribution < -0.4 is 16.0 Å². The van der Waals surface area contributed by atoms with Crippen LogP contribution in [0.5, 0.6) is 0 Å². The van der Waals surface area contributed by atoms with Crippen LogP contribution in [0.4, 0.5) is 4.79 Å². The van der Waals surface area contributed by atoms with Crippen LogP contribution in [0.15, 0.2) is 34.2 Å². The number of halogens is 1. The molecule has 8 heteroatoms. The number of alkyl carbamates (subject to hydrolysis) is 1. The molecule has 3 N–H and O–H groups in total. The molecule has 1 amide bonds. The minimum Gasteiger partial charge on any atom is -0.444 e. The third-order valence-corrected chi connectivity index (χ3v) is 3.67. The average Bonchev–Trinajstić information content (AvgIpc) is 2.53. The van der Waals surface area contributed by atoms with Gasteiger partial charge in [0.1, 0.15) is 5.60 Å². The zero-order chi connectivity index (χ0) is 18.0. The van der Waals surface area contributed by atoms with Crippen LogP contribution in [-0.4, -0.2) is 44.0 Å². The standard InChI is InChI=1S/C17H28N4O2S.HI/c1-17(2,3)23-16(22)20-11-10-19-15(18-4)21-12-13-6-8-14(24-5)9-7-13;/h6-9H,10-12H2,1-5H3,(H,20,22)(H2,18,19,21);1H. The Morgan fingerprint density at radius 3 is 2.24 bits per heavy atom. The lowest BCUT2D eigenvalue weighted by molar-refractivity contribution is 0.0529. The van der Waals surface area contributed by atoms with Gasteiger partial charge < -0.3 is 20.7 Å². The number of nitrogens with one attached hydrogen (secondary N) is 3. The molecule has 0 heterocycles. The van der Waals surface area contributed by atoms with E-state index in [0.717, 1.165) is 0 Å². The summed E-state index contributed by atoms with van der Waals surface area (Å²) in [5.41, 5.74) is 0.698. The topological polar surface area (TPSA) is 74.8 Å². The molecule has 6 nitrogen and oxygen atoms in total. The maximum Gasteiger partial charge on any atom is 0.407 e. The fraction of sp³-hybridized carbons (Fsp3) is 0.529. The van der Waals surface area contributed by atoms with Crippen LogP contribution in [0.25, 0.3) is 0 Å². The Bertz CT molecular complexity index is 545. The smallest absolute Gasteiger partial charge is 0.407 e. The molecule has 0 atom stereocenters. The number of carbonyl (C=O) groups is 1. The summed E-state index contributed by atoms with van der Waals surface area (Å²) in [6.45, 7) is 7.21. The number of benzene rings is 1. The quantitative estimate of drug-likeness (QED) is 0.192. The lowest BCUT2D eigenvalue weighted by Crippen LogP contribution is -2.42. The molecule has 0 fully saturated rings. The summed E-state index contributed by atoms with van der Waals surface area (Å²) in [6, 6.07) is 8.39. The van der Waals surface area contributed by atoms with Crippen molar-refractivity contribution >= 4 is 47.8 Å². The molecule has 0 aliphatic rings. The molecule has 0 unspecified atom stereocenters. The van der Waals surface area contributed by atoms with Crippen LogP contribution in [0, 0.1) is 0 Å². The van der Waals surface area contributed by atoms with Gasteiger partial charge in [-0.1, -0.05) is 12.1 Å². The summed E-state index contributed by atoms with van der Waals surface area (Å²) in [5, 5.41) is 9.08. The second kappa shape index (κ2) is 12.2. The van der Waals surface area contributed by atoms with Crippen LogP contribution >= 0.6 is 35.7 Å². The number of hydrogen-bond acceptors (Lipinski definition) is 4. The maximum atomic E-state index is 11.5. The molecular formula is C17H29IN4O2S. The van der Waals surface area contributed by atoms with E-state index < -0.39 is 11.7 Å². The second-order valence-corrected chi connectivity index (χ2v) is 7.01. The summed E-state index contributed by atoms with van der Waals surface area (Å²) < 4.78 is 5.17. The van der Waals surface area contributed by atoms with E-state index in [2.05, 4.69) is 51.5 Å². The molecule has 0 aromatic heterocycles. The van der Waals surface area contributed by atoms with Crippen LogP contribution in [0.3, 0.4) is 0 Å². The summed E-state index contributed by atoms with van der Waals surface area (Å²) in [5.74, 6) is 0.690. The van der Waals surface area contributed by atoms with E-state index in [1.165, 1.54) is 10.5 Å². The van der Waals surface area contributed by atoms with Gasteiger partial charge in [-0.25, -0.2) is 4.79 Å². The predicted octanol–water partition coefficient (Wildman–Crippen LogP) is 3.22. The Hall–Kier alpha value is -1.16. The number of nitrogens with zero attached hydrogens (tertiary/aromatic N) is 1. The van der Waals surface area contributed by atoms with E-state index in [9.17, 15) is 4.79 Å². The van der Waals surface area contributed by atoms with Crippen molar-refractivity contribution in [1.29, 1.82) is 0 Å². The largest absolute Gasteiger partial charge is 0.444 e. The molecule has 0 saturated heterocycles. The third-order valence-electron chi connectivity index (χ3n) is 2.93. The third kappa shape index (κ3) is 11.1. The first kappa shape index (κ1) is 23.8. The van der Waals surface area contributed by atoms with Crippen molar-refractivity contribution in [2.24, 2.45) is 4.99 Å². The van der Waals surface area contributed by atoms with Crippen LogP contribution in [0.1, 0.15) is 26.3 Å². The summed E-state index contributed by atoms with van der Waals surface area (Å²) in [6.07, 6.45) is 1.64. The highest BCUT2D eigenvalue weighted by molar-refractivity contribution is 14.0. The number of aliphatic imine (C=N–C) groups is 1. The molecule has 1 aromatic rings. The first-order chi connectivity index (χ1) is 11.3. The van der Waals surface area contributed by atoms with E-state index in [4.69, 9.17) is 4.74 Å². The highest BCUT2D eigenvalue weighted by Crippen LogP contribution is 2.14. The Kier molecular flexibility index (Phi) is 11.7. The number of hydrogen-bond donors (Lipinski definition) is 3. The van der Waals surface area contributed by atoms with Crippen molar-refractivity contribution in [3.8, 4) is 0 Å². The molecule has 25 heavy (non-hydrogen) atoms. The van der Waals surface area contributed by atoms with Gasteiger partial charge >= 0.3 is 6.09 Å². The molecule has 0 aliphatic heterocycles. The van der Waals surface area contributed by atoms with Gasteiger partial charge in [-0.3, -0.25) is 4.99 Å². The first-order valence-electron chi connectivity index (χ1n) is 7.88. The van der Waals surface area contributed by atoms with Gasteiger partial charge in [-0.15, -0.1) is 35.7 Å². The number of rotatable bonds is 6. The van der Waals surface area contributed by atoms with Crippen LogP contribution in [-0.2, 0) is 11.3 Å². The molecule has 0 spiro atoms. The van der Waals surface area contributed by atoms with Crippen molar-refractivity contribution in [2.75, 3.05) is 26.4 Å². The highest BCUT2D eigenvalue weighted by Gasteiger charge is 2.15. The van der Waals surface area contributed by atoms with Crippen molar-refractivity contribution in [2.45, 2.75) is 37.8 Å². The molecule has 142 valence electrons. The van der Waals surface area contributed by atoms with E-state index in [-0.39, 0.29) is 24.0 Å². The van der Waals surface area contributed by atoms with Gasteiger partial charge in [0.05, 0.1) is 0 Å². The number of ether oxygens (including phenoxy) is 1. The molecule has 0 bridgehead atoms. The van der Waals surface area contributed by atoms with E-state index in [1.807, 2.05) is 20.8 Å². The minimum atomic E-state index is -0.485. The number of thioether (sulfide) groups is 1. The zero-order valence-electron chi connectivity index (χ0n) is 15.5. The predicted molar refractivity (Wildman–Crippen MR) is 116 cm³/mol. The zero-order valence-corrected chi connectivity index (χ0v) is 18.7.